The monoisotopic (exact) mass is 252 g/mol. The minimum atomic E-state index is -0.833. The van der Waals surface area contributed by atoms with Crippen LogP contribution in [0.15, 0.2) is 18.3 Å². The molecule has 0 amide bonds. The number of carbonyl (C=O) groups is 1. The molecule has 1 aliphatic rings. The molecule has 0 aromatic carbocycles. The molecule has 0 saturated carbocycles. The lowest BCUT2D eigenvalue weighted by atomic mass is 10.3. The largest absolute Gasteiger partial charge is 0.481 e. The van der Waals surface area contributed by atoms with Crippen molar-refractivity contribution in [1.29, 1.82) is 0 Å². The standard InChI is InChI=1S/C10H16N4.C2H4O2/c1-13-4-6-14(7-5-13)10-8-9(11)2-3-12-10;1-2(3)4/h2-3,8H,4-7H2,1H3,(H2,11,12);1H3,(H,3,4). The Morgan fingerprint density at radius 3 is 2.44 bits per heavy atom. The number of nitrogens with two attached hydrogens (primary N) is 1. The molecule has 1 aromatic heterocycles. The number of carboxylic acids is 1. The minimum Gasteiger partial charge on any atom is -0.481 e. The number of rotatable bonds is 1. The number of pyridine rings is 1. The first-order valence-electron chi connectivity index (χ1n) is 5.83. The molecule has 0 atom stereocenters. The van der Waals surface area contributed by atoms with Crippen molar-refractivity contribution in [1.82, 2.24) is 9.88 Å². The maximum Gasteiger partial charge on any atom is 0.300 e. The normalized spacial score (nSPS) is 15.8. The van der Waals surface area contributed by atoms with Crippen LogP contribution in [0.25, 0.3) is 0 Å². The summed E-state index contributed by atoms with van der Waals surface area (Å²) in [5.74, 6) is 0.165. The van der Waals surface area contributed by atoms with Gasteiger partial charge in [0.1, 0.15) is 5.82 Å². The Kier molecular flexibility index (Phi) is 5.38. The zero-order valence-electron chi connectivity index (χ0n) is 10.8. The Labute approximate surface area is 107 Å². The van der Waals surface area contributed by atoms with E-state index in [4.69, 9.17) is 15.6 Å². The summed E-state index contributed by atoms with van der Waals surface area (Å²) < 4.78 is 0. The highest BCUT2D eigenvalue weighted by atomic mass is 16.4. The average Bonchev–Trinajstić information content (AvgIpc) is 2.29. The molecule has 18 heavy (non-hydrogen) atoms. The quantitative estimate of drug-likeness (QED) is 0.757. The number of carboxylic acid groups (broad SMARTS) is 1. The maximum atomic E-state index is 9.00. The van der Waals surface area contributed by atoms with E-state index >= 15 is 0 Å². The van der Waals surface area contributed by atoms with Crippen molar-refractivity contribution in [3.8, 4) is 0 Å². The number of nitrogens with zero attached hydrogens (tertiary/aromatic N) is 3. The van der Waals surface area contributed by atoms with Crippen molar-refractivity contribution >= 4 is 17.5 Å². The second kappa shape index (κ2) is 6.80. The van der Waals surface area contributed by atoms with Gasteiger partial charge in [0.15, 0.2) is 0 Å². The molecule has 3 N–H and O–H groups in total. The number of piperazine rings is 1. The molecule has 6 nitrogen and oxygen atoms in total. The summed E-state index contributed by atoms with van der Waals surface area (Å²) in [6, 6.07) is 3.75. The summed E-state index contributed by atoms with van der Waals surface area (Å²) in [4.78, 5) is 17.9. The first kappa shape index (κ1) is 14.2. The number of nitrogen functional groups attached to an aromatic ring is 1. The molecule has 1 saturated heterocycles. The Balaban J connectivity index is 0.000000357. The fourth-order valence-electron chi connectivity index (χ4n) is 1.64. The van der Waals surface area contributed by atoms with Crippen molar-refractivity contribution in [2.75, 3.05) is 43.9 Å². The van der Waals surface area contributed by atoms with Crippen LogP contribution in [0, 0.1) is 0 Å². The first-order chi connectivity index (χ1) is 8.49. The van der Waals surface area contributed by atoms with Crippen molar-refractivity contribution in [2.45, 2.75) is 6.92 Å². The molecule has 0 radical (unpaired) electrons. The van der Waals surface area contributed by atoms with Crippen molar-refractivity contribution in [3.63, 3.8) is 0 Å². The smallest absolute Gasteiger partial charge is 0.300 e. The van der Waals surface area contributed by atoms with Crippen molar-refractivity contribution in [2.24, 2.45) is 0 Å². The molecule has 0 spiro atoms. The highest BCUT2D eigenvalue weighted by Gasteiger charge is 2.14. The number of hydrogen-bond acceptors (Lipinski definition) is 5. The molecule has 2 heterocycles. The number of aliphatic carboxylic acids is 1. The second-order valence-corrected chi connectivity index (χ2v) is 4.26. The van der Waals surface area contributed by atoms with Gasteiger partial charge in [-0.3, -0.25) is 4.79 Å². The molecule has 1 aromatic rings. The van der Waals surface area contributed by atoms with Gasteiger partial charge in [-0.05, 0) is 13.1 Å². The Bertz CT molecular complexity index is 385. The van der Waals surface area contributed by atoms with Gasteiger partial charge in [-0.2, -0.15) is 0 Å². The highest BCUT2D eigenvalue weighted by molar-refractivity contribution is 5.62. The van der Waals surface area contributed by atoms with Gasteiger partial charge in [0, 0.05) is 51.1 Å². The van der Waals surface area contributed by atoms with Gasteiger partial charge < -0.3 is 20.6 Å². The lowest BCUT2D eigenvalue weighted by molar-refractivity contribution is -0.134. The molecule has 2 rings (SSSR count). The summed E-state index contributed by atoms with van der Waals surface area (Å²) >= 11 is 0. The van der Waals surface area contributed by atoms with Crippen LogP contribution in [-0.4, -0.2) is 54.2 Å². The zero-order chi connectivity index (χ0) is 13.5. The molecule has 0 bridgehead atoms. The molecule has 0 aliphatic carbocycles. The molecule has 0 unspecified atom stereocenters. The SMILES string of the molecule is CC(=O)O.CN1CCN(c2cc(N)ccn2)CC1. The van der Waals surface area contributed by atoms with E-state index in [9.17, 15) is 0 Å². The van der Waals surface area contributed by atoms with E-state index in [1.165, 1.54) is 0 Å². The van der Waals surface area contributed by atoms with Crippen LogP contribution in [0.5, 0.6) is 0 Å². The zero-order valence-corrected chi connectivity index (χ0v) is 10.8. The number of anilines is 2. The summed E-state index contributed by atoms with van der Waals surface area (Å²) in [7, 11) is 2.14. The van der Waals surface area contributed by atoms with E-state index in [1.54, 1.807) is 6.20 Å². The van der Waals surface area contributed by atoms with E-state index < -0.39 is 5.97 Å². The topological polar surface area (TPSA) is 82.7 Å². The van der Waals surface area contributed by atoms with Gasteiger partial charge >= 0.3 is 0 Å². The number of likely N-dealkylation sites (N-methyl/N-ethyl adjacent to an activating group) is 1. The van der Waals surface area contributed by atoms with Crippen LogP contribution in [-0.2, 0) is 4.79 Å². The van der Waals surface area contributed by atoms with Crippen LogP contribution >= 0.6 is 0 Å². The Morgan fingerprint density at radius 2 is 1.94 bits per heavy atom. The van der Waals surface area contributed by atoms with E-state index in [0.29, 0.717) is 0 Å². The molecule has 6 heteroatoms. The van der Waals surface area contributed by atoms with Crippen molar-refractivity contribution < 1.29 is 9.90 Å². The van der Waals surface area contributed by atoms with Gasteiger partial charge in [0.05, 0.1) is 0 Å². The third-order valence-corrected chi connectivity index (χ3v) is 2.60. The third-order valence-electron chi connectivity index (χ3n) is 2.60. The van der Waals surface area contributed by atoms with Crippen molar-refractivity contribution in [3.05, 3.63) is 18.3 Å². The van der Waals surface area contributed by atoms with E-state index in [0.717, 1.165) is 44.6 Å². The first-order valence-corrected chi connectivity index (χ1v) is 5.83. The number of hydrogen-bond donors (Lipinski definition) is 2. The fraction of sp³-hybridized carbons (Fsp3) is 0.500. The molecular weight excluding hydrogens is 232 g/mol. The lowest BCUT2D eigenvalue weighted by Gasteiger charge is -2.33. The molecular formula is C12H20N4O2. The van der Waals surface area contributed by atoms with Gasteiger partial charge in [-0.15, -0.1) is 0 Å². The van der Waals surface area contributed by atoms with Gasteiger partial charge in [0.25, 0.3) is 5.97 Å². The maximum absolute atomic E-state index is 9.00. The van der Waals surface area contributed by atoms with Crippen LogP contribution in [0.4, 0.5) is 11.5 Å². The van der Waals surface area contributed by atoms with Gasteiger partial charge in [-0.25, -0.2) is 4.98 Å². The summed E-state index contributed by atoms with van der Waals surface area (Å²) in [5.41, 5.74) is 6.50. The predicted molar refractivity (Wildman–Crippen MR) is 71.7 cm³/mol. The van der Waals surface area contributed by atoms with Crippen LogP contribution < -0.4 is 10.6 Å². The number of aromatic nitrogens is 1. The molecule has 1 fully saturated rings. The molecule has 1 aliphatic heterocycles. The van der Waals surface area contributed by atoms with Crippen LogP contribution in [0.1, 0.15) is 6.92 Å². The van der Waals surface area contributed by atoms with E-state index in [2.05, 4.69) is 21.8 Å². The lowest BCUT2D eigenvalue weighted by Crippen LogP contribution is -2.44. The minimum absolute atomic E-state index is 0.786. The second-order valence-electron chi connectivity index (χ2n) is 4.26. The average molecular weight is 252 g/mol. The van der Waals surface area contributed by atoms with E-state index in [-0.39, 0.29) is 0 Å². The van der Waals surface area contributed by atoms with Crippen LogP contribution in [0.2, 0.25) is 0 Å². The summed E-state index contributed by atoms with van der Waals surface area (Å²) in [6.45, 7) is 5.34. The summed E-state index contributed by atoms with van der Waals surface area (Å²) in [6.07, 6.45) is 1.77. The predicted octanol–water partition coefficient (Wildman–Crippen LogP) is 0.507. The summed E-state index contributed by atoms with van der Waals surface area (Å²) in [5, 5.41) is 7.42. The molecule has 100 valence electrons. The van der Waals surface area contributed by atoms with Gasteiger partial charge in [0.2, 0.25) is 0 Å². The third kappa shape index (κ3) is 5.01. The Hall–Kier alpha value is -1.82. The van der Waals surface area contributed by atoms with Gasteiger partial charge in [-0.1, -0.05) is 0 Å². The fourth-order valence-corrected chi connectivity index (χ4v) is 1.64. The van der Waals surface area contributed by atoms with Crippen LogP contribution in [0.3, 0.4) is 0 Å². The highest BCUT2D eigenvalue weighted by Crippen LogP contribution is 2.15. The Morgan fingerprint density at radius 1 is 1.39 bits per heavy atom. The van der Waals surface area contributed by atoms with E-state index in [1.807, 2.05) is 12.1 Å².